The van der Waals surface area contributed by atoms with Crippen molar-refractivity contribution < 1.29 is 0 Å². The Labute approximate surface area is 225 Å². The number of fused-ring (bicyclic) bond motifs is 4. The Morgan fingerprint density at radius 3 is 1.21 bits per heavy atom. The summed E-state index contributed by atoms with van der Waals surface area (Å²) in [6.45, 7) is 6.77. The summed E-state index contributed by atoms with van der Waals surface area (Å²) in [7, 11) is 0. The lowest BCUT2D eigenvalue weighted by Crippen LogP contribution is -2.10. The minimum atomic E-state index is 0.188. The maximum absolute atomic E-state index is 2.32. The highest BCUT2D eigenvalue weighted by Crippen LogP contribution is 2.33. The van der Waals surface area contributed by atoms with E-state index in [2.05, 4.69) is 160 Å². The van der Waals surface area contributed by atoms with Crippen molar-refractivity contribution >= 4 is 43.1 Å². The first-order chi connectivity index (χ1) is 18.5. The second-order valence-corrected chi connectivity index (χ2v) is 11.1. The zero-order valence-corrected chi connectivity index (χ0v) is 22.3. The summed E-state index contributed by atoms with van der Waals surface area (Å²) in [6.07, 6.45) is 0. The summed E-state index contributed by atoms with van der Waals surface area (Å²) >= 11 is 0. The fourth-order valence-electron chi connectivity index (χ4n) is 5.25. The average molecular weight is 489 g/mol. The summed E-state index contributed by atoms with van der Waals surface area (Å²) in [5, 5.41) is 10.5. The van der Waals surface area contributed by atoms with Crippen molar-refractivity contribution in [2.45, 2.75) is 26.2 Å². The lowest BCUT2D eigenvalue weighted by atomic mass is 9.86. The van der Waals surface area contributed by atoms with Crippen molar-refractivity contribution in [1.29, 1.82) is 0 Å². The largest absolute Gasteiger partial charge is 0.0616 e. The number of hydrogen-bond donors (Lipinski definition) is 0. The third-order valence-electron chi connectivity index (χ3n) is 7.42. The predicted molar refractivity (Wildman–Crippen MR) is 167 cm³/mol. The molecule has 38 heavy (non-hydrogen) atoms. The molecule has 0 saturated heterocycles. The van der Waals surface area contributed by atoms with Crippen LogP contribution in [-0.4, -0.2) is 0 Å². The molecule has 0 amide bonds. The van der Waals surface area contributed by atoms with E-state index in [1.54, 1.807) is 0 Å². The molecule has 0 N–H and O–H groups in total. The molecule has 0 atom stereocenters. The molecule has 0 aliphatic carbocycles. The van der Waals surface area contributed by atoms with Crippen molar-refractivity contribution in [3.63, 3.8) is 0 Å². The van der Waals surface area contributed by atoms with E-state index in [1.165, 1.54) is 59.8 Å². The van der Waals surface area contributed by atoms with Crippen molar-refractivity contribution in [3.8, 4) is 11.1 Å². The standard InChI is InChI=1S/C24H22.C14H10/c1-24(2,3)21-13-11-17(12-14-21)22-10-6-9-20-15-18-7-4-5-8-19(18)16-23(20)22;1-2-6-12-10-14-8-4-3-7-13(14)9-11(12)5-1/h4-16H,1-3H3;1-10H. The molecule has 0 unspecified atom stereocenters. The highest BCUT2D eigenvalue weighted by Gasteiger charge is 2.13. The van der Waals surface area contributed by atoms with Gasteiger partial charge in [-0.15, -0.1) is 0 Å². The van der Waals surface area contributed by atoms with Crippen LogP contribution in [0.3, 0.4) is 0 Å². The minimum Gasteiger partial charge on any atom is -0.0616 e. The first-order valence-electron chi connectivity index (χ1n) is 13.4. The van der Waals surface area contributed by atoms with Gasteiger partial charge in [0.25, 0.3) is 0 Å². The molecule has 0 radical (unpaired) electrons. The normalized spacial score (nSPS) is 11.6. The molecule has 0 heterocycles. The molecule has 0 fully saturated rings. The Balaban J connectivity index is 0.000000159. The molecule has 7 aromatic rings. The summed E-state index contributed by atoms with van der Waals surface area (Å²) < 4.78 is 0. The average Bonchev–Trinajstić information content (AvgIpc) is 2.94. The van der Waals surface area contributed by atoms with Crippen molar-refractivity contribution in [2.24, 2.45) is 0 Å². The number of benzene rings is 7. The van der Waals surface area contributed by atoms with E-state index < -0.39 is 0 Å². The number of hydrogen-bond acceptors (Lipinski definition) is 0. The molecule has 0 spiro atoms. The summed E-state index contributed by atoms with van der Waals surface area (Å²) in [5.74, 6) is 0. The van der Waals surface area contributed by atoms with Crippen molar-refractivity contribution in [3.05, 3.63) is 145 Å². The maximum Gasteiger partial charge on any atom is -0.00990 e. The Morgan fingerprint density at radius 2 is 0.763 bits per heavy atom. The van der Waals surface area contributed by atoms with E-state index in [9.17, 15) is 0 Å². The van der Waals surface area contributed by atoms with Crippen LogP contribution in [-0.2, 0) is 5.41 Å². The third kappa shape index (κ3) is 4.78. The van der Waals surface area contributed by atoms with Crippen LogP contribution < -0.4 is 0 Å². The minimum absolute atomic E-state index is 0.188. The fourth-order valence-corrected chi connectivity index (χ4v) is 5.25. The summed E-state index contributed by atoms with van der Waals surface area (Å²) in [4.78, 5) is 0. The van der Waals surface area contributed by atoms with Gasteiger partial charge in [-0.2, -0.15) is 0 Å². The van der Waals surface area contributed by atoms with Crippen LogP contribution in [0, 0.1) is 0 Å². The zero-order chi connectivity index (χ0) is 26.1. The van der Waals surface area contributed by atoms with E-state index >= 15 is 0 Å². The summed E-state index contributed by atoms with van der Waals surface area (Å²) in [5.41, 5.74) is 4.15. The van der Waals surface area contributed by atoms with Gasteiger partial charge in [-0.05, 0) is 89.5 Å². The lowest BCUT2D eigenvalue weighted by Gasteiger charge is -2.19. The van der Waals surface area contributed by atoms with Gasteiger partial charge in [0.05, 0.1) is 0 Å². The van der Waals surface area contributed by atoms with E-state index in [1.807, 2.05) is 0 Å². The van der Waals surface area contributed by atoms with Gasteiger partial charge in [0.1, 0.15) is 0 Å². The zero-order valence-electron chi connectivity index (χ0n) is 22.3. The molecular formula is C38H32. The predicted octanol–water partition coefficient (Wildman–Crippen LogP) is 11.0. The third-order valence-corrected chi connectivity index (χ3v) is 7.42. The topological polar surface area (TPSA) is 0 Å². The van der Waals surface area contributed by atoms with Crippen LogP contribution in [0.2, 0.25) is 0 Å². The van der Waals surface area contributed by atoms with E-state index in [4.69, 9.17) is 0 Å². The lowest BCUT2D eigenvalue weighted by molar-refractivity contribution is 0.590. The van der Waals surface area contributed by atoms with Gasteiger partial charge in [-0.25, -0.2) is 0 Å². The highest BCUT2D eigenvalue weighted by molar-refractivity contribution is 6.05. The van der Waals surface area contributed by atoms with Crippen molar-refractivity contribution in [1.82, 2.24) is 0 Å². The molecule has 0 aromatic heterocycles. The second kappa shape index (κ2) is 9.80. The highest BCUT2D eigenvalue weighted by atomic mass is 14.2. The van der Waals surface area contributed by atoms with Gasteiger partial charge in [-0.3, -0.25) is 0 Å². The Hall–Kier alpha value is -4.42. The maximum atomic E-state index is 2.32. The first-order valence-corrected chi connectivity index (χ1v) is 13.4. The first kappa shape index (κ1) is 23.9. The van der Waals surface area contributed by atoms with Gasteiger partial charge in [0, 0.05) is 0 Å². The van der Waals surface area contributed by atoms with Crippen LogP contribution in [0.5, 0.6) is 0 Å². The Kier molecular flexibility index (Phi) is 6.18. The van der Waals surface area contributed by atoms with Gasteiger partial charge in [0.2, 0.25) is 0 Å². The van der Waals surface area contributed by atoms with Crippen LogP contribution in [0.15, 0.2) is 140 Å². The van der Waals surface area contributed by atoms with Crippen LogP contribution in [0.1, 0.15) is 26.3 Å². The molecule has 184 valence electrons. The molecule has 0 aliphatic rings. The quantitative estimate of drug-likeness (QED) is 0.202. The summed E-state index contributed by atoms with van der Waals surface area (Å²) in [6, 6.07) is 50.2. The molecule has 7 aromatic carbocycles. The van der Waals surface area contributed by atoms with E-state index in [0.717, 1.165) is 0 Å². The van der Waals surface area contributed by atoms with E-state index in [0.29, 0.717) is 0 Å². The van der Waals surface area contributed by atoms with Gasteiger partial charge in [-0.1, -0.05) is 136 Å². The smallest absolute Gasteiger partial charge is 0.00990 e. The SMILES string of the molecule is CC(C)(C)c1ccc(-c2cccc3cc4ccccc4cc23)cc1.c1ccc2cc3ccccc3cc2c1. The molecule has 0 nitrogen and oxygen atoms in total. The molecule has 7 rings (SSSR count). The molecule has 0 aliphatic heterocycles. The molecule has 0 heteroatoms. The van der Waals surface area contributed by atoms with Crippen LogP contribution >= 0.6 is 0 Å². The second-order valence-electron chi connectivity index (χ2n) is 11.1. The number of rotatable bonds is 1. The van der Waals surface area contributed by atoms with Gasteiger partial charge in [0.15, 0.2) is 0 Å². The fraction of sp³-hybridized carbons (Fsp3) is 0.105. The molecule has 0 bridgehead atoms. The van der Waals surface area contributed by atoms with Gasteiger partial charge >= 0.3 is 0 Å². The Bertz CT molecular complexity index is 1780. The molecular weight excluding hydrogens is 456 g/mol. The molecule has 0 saturated carbocycles. The van der Waals surface area contributed by atoms with Crippen molar-refractivity contribution in [2.75, 3.05) is 0 Å². The van der Waals surface area contributed by atoms with Crippen LogP contribution in [0.4, 0.5) is 0 Å². The van der Waals surface area contributed by atoms with E-state index in [-0.39, 0.29) is 5.41 Å². The Morgan fingerprint density at radius 1 is 0.368 bits per heavy atom. The van der Waals surface area contributed by atoms with Crippen LogP contribution in [0.25, 0.3) is 54.2 Å². The monoisotopic (exact) mass is 488 g/mol. The van der Waals surface area contributed by atoms with Gasteiger partial charge < -0.3 is 0 Å².